The first-order valence-corrected chi connectivity index (χ1v) is 10.4. The van der Waals surface area contributed by atoms with E-state index in [2.05, 4.69) is 0 Å². The van der Waals surface area contributed by atoms with E-state index in [0.29, 0.717) is 0 Å². The summed E-state index contributed by atoms with van der Waals surface area (Å²) in [6.07, 6.45) is -5.88. The highest BCUT2D eigenvalue weighted by molar-refractivity contribution is 6.29. The van der Waals surface area contributed by atoms with Crippen molar-refractivity contribution >= 4 is 23.2 Å². The van der Waals surface area contributed by atoms with Crippen LogP contribution in [-0.4, -0.2) is 51.2 Å². The number of fused-ring (bicyclic) bond motifs is 5. The summed E-state index contributed by atoms with van der Waals surface area (Å²) in [6.45, 7) is 3.99. The van der Waals surface area contributed by atoms with Gasteiger partial charge in [0, 0.05) is 19.5 Å². The molecule has 4 rings (SSSR count). The van der Waals surface area contributed by atoms with Crippen molar-refractivity contribution in [1.82, 2.24) is 0 Å². The van der Waals surface area contributed by atoms with Gasteiger partial charge in [0.05, 0.1) is 13.3 Å². The van der Waals surface area contributed by atoms with Gasteiger partial charge in [-0.25, -0.2) is 8.78 Å². The van der Waals surface area contributed by atoms with Gasteiger partial charge in [0.15, 0.2) is 17.2 Å². The van der Waals surface area contributed by atoms with Crippen LogP contribution >= 0.6 is 11.6 Å². The molecule has 3 saturated carbocycles. The van der Waals surface area contributed by atoms with Crippen molar-refractivity contribution < 1.29 is 32.7 Å². The van der Waals surface area contributed by atoms with E-state index in [0.717, 1.165) is 18.2 Å². The van der Waals surface area contributed by atoms with Crippen LogP contribution in [0.15, 0.2) is 23.8 Å². The molecule has 9 atom stereocenters. The topological polar surface area (TPSA) is 74.6 Å². The molecule has 29 heavy (non-hydrogen) atoms. The summed E-state index contributed by atoms with van der Waals surface area (Å²) in [6, 6.07) is 0. The molecular formula is C22H27ClF2O4. The van der Waals surface area contributed by atoms with Crippen LogP contribution in [0, 0.1) is 28.6 Å². The number of hydrogen-bond donors (Lipinski definition) is 2. The number of carbonyl (C=O) groups excluding carboxylic acids is 2. The van der Waals surface area contributed by atoms with Gasteiger partial charge >= 0.3 is 0 Å². The molecule has 0 aliphatic heterocycles. The highest BCUT2D eigenvalue weighted by Crippen LogP contribution is 2.70. The van der Waals surface area contributed by atoms with Crippen LogP contribution in [0.5, 0.6) is 0 Å². The predicted molar refractivity (Wildman–Crippen MR) is 104 cm³/mol. The zero-order valence-electron chi connectivity index (χ0n) is 19.5. The molecule has 0 aromatic heterocycles. The van der Waals surface area contributed by atoms with E-state index in [4.69, 9.17) is 15.7 Å². The Hall–Kier alpha value is -1.11. The Bertz CT molecular complexity index is 971. The quantitative estimate of drug-likeness (QED) is 0.659. The Morgan fingerprint density at radius 2 is 2.07 bits per heavy atom. The molecular weight excluding hydrogens is 402 g/mol. The van der Waals surface area contributed by atoms with Gasteiger partial charge in [0.1, 0.15) is 11.8 Å². The first-order valence-electron chi connectivity index (χ1n) is 11.3. The second-order valence-electron chi connectivity index (χ2n) is 9.30. The average molecular weight is 432 g/mol. The number of allylic oxidation sites excluding steroid dienone is 4. The molecule has 0 unspecified atom stereocenters. The number of alkyl halides is 3. The Labute approximate surface area is 178 Å². The van der Waals surface area contributed by atoms with Gasteiger partial charge in [-0.2, -0.15) is 0 Å². The number of halogens is 3. The lowest BCUT2D eigenvalue weighted by molar-refractivity contribution is -0.222. The fourth-order valence-electron chi connectivity index (χ4n) is 6.54. The molecule has 4 aliphatic rings. The number of carbonyl (C=O) groups is 2. The lowest BCUT2D eigenvalue weighted by Crippen LogP contribution is -2.70. The third-order valence-electron chi connectivity index (χ3n) is 8.15. The summed E-state index contributed by atoms with van der Waals surface area (Å²) in [7, 11) is 0. The number of rotatable bonds is 2. The monoisotopic (exact) mass is 431 g/mol. The van der Waals surface area contributed by atoms with E-state index in [1.807, 2.05) is 0 Å². The molecule has 4 nitrogen and oxygen atoms in total. The van der Waals surface area contributed by atoms with Crippen LogP contribution in [0.2, 0.25) is 0 Å². The molecule has 7 heteroatoms. The van der Waals surface area contributed by atoms with Crippen molar-refractivity contribution in [2.75, 3.05) is 5.88 Å². The third-order valence-corrected chi connectivity index (χ3v) is 8.40. The molecule has 3 fully saturated rings. The molecule has 0 spiro atoms. The molecule has 0 saturated heterocycles. The van der Waals surface area contributed by atoms with Gasteiger partial charge in [0.2, 0.25) is 0 Å². The maximum absolute atomic E-state index is 17.3. The predicted octanol–water partition coefficient (Wildman–Crippen LogP) is 3.09. The summed E-state index contributed by atoms with van der Waals surface area (Å²) in [5.74, 6) is -5.44. The molecule has 0 heterocycles. The van der Waals surface area contributed by atoms with E-state index in [1.165, 1.54) is 20.8 Å². The Morgan fingerprint density at radius 3 is 2.69 bits per heavy atom. The van der Waals surface area contributed by atoms with Crippen molar-refractivity contribution in [3.63, 3.8) is 0 Å². The van der Waals surface area contributed by atoms with Gasteiger partial charge in [0.25, 0.3) is 0 Å². The summed E-state index contributed by atoms with van der Waals surface area (Å²) in [4.78, 5) is 24.7. The number of Topliss-reactive ketones (excluding diaryl/α,β-unsaturated/α-hetero) is 1. The molecule has 0 radical (unpaired) electrons. The van der Waals surface area contributed by atoms with Crippen LogP contribution in [0.3, 0.4) is 0 Å². The zero-order valence-corrected chi connectivity index (χ0v) is 17.3. The van der Waals surface area contributed by atoms with Crippen molar-refractivity contribution in [2.24, 2.45) is 28.6 Å². The third kappa shape index (κ3) is 2.26. The summed E-state index contributed by atoms with van der Waals surface area (Å²) in [5, 5.41) is 23.0. The van der Waals surface area contributed by atoms with E-state index in [9.17, 15) is 19.8 Å². The molecule has 0 bridgehead atoms. The minimum atomic E-state index is -3.50. The summed E-state index contributed by atoms with van der Waals surface area (Å²) < 4.78 is 59.1. The highest BCUT2D eigenvalue weighted by atomic mass is 35.5. The SMILES string of the molecule is [2H]C1([2H])[C@]([2H])(O)[C@@]2(F)[C@@H](C[C@H](F)C3=CC(=O)C=C[C@@]32C)[C@@H]2C[C@H](C)[C@@](O)(C(=O)CCl)[C@]21C. The van der Waals surface area contributed by atoms with Crippen molar-refractivity contribution in [1.29, 1.82) is 0 Å². The van der Waals surface area contributed by atoms with E-state index in [-0.39, 0.29) is 12.0 Å². The van der Waals surface area contributed by atoms with Crippen LogP contribution < -0.4 is 0 Å². The van der Waals surface area contributed by atoms with Gasteiger partial charge in [-0.1, -0.05) is 19.9 Å². The van der Waals surface area contributed by atoms with Crippen LogP contribution in [0.4, 0.5) is 8.78 Å². The van der Waals surface area contributed by atoms with Crippen molar-refractivity contribution in [2.45, 2.75) is 63.5 Å². The van der Waals surface area contributed by atoms with E-state index < -0.39 is 82.3 Å². The van der Waals surface area contributed by atoms with Gasteiger partial charge < -0.3 is 10.2 Å². The summed E-state index contributed by atoms with van der Waals surface area (Å²) in [5.41, 5.74) is -9.77. The lowest BCUT2D eigenvalue weighted by atomic mass is 9.44. The fourth-order valence-corrected chi connectivity index (χ4v) is 6.75. The number of hydrogen-bond acceptors (Lipinski definition) is 4. The fraction of sp³-hybridized carbons (Fsp3) is 0.727. The van der Waals surface area contributed by atoms with Crippen molar-refractivity contribution in [3.05, 3.63) is 23.8 Å². The van der Waals surface area contributed by atoms with Crippen molar-refractivity contribution in [3.8, 4) is 0 Å². The maximum Gasteiger partial charge on any atom is 0.179 e. The Kier molecular flexibility index (Phi) is 3.76. The van der Waals surface area contributed by atoms with Crippen LogP contribution in [-0.2, 0) is 9.59 Å². The summed E-state index contributed by atoms with van der Waals surface area (Å²) >= 11 is 5.74. The molecule has 0 amide bonds. The second kappa shape index (κ2) is 6.21. The second-order valence-corrected chi connectivity index (χ2v) is 9.57. The Morgan fingerprint density at radius 1 is 1.41 bits per heavy atom. The number of ketones is 2. The molecule has 2 N–H and O–H groups in total. The van der Waals surface area contributed by atoms with Gasteiger partial charge in [-0.3, -0.25) is 9.59 Å². The normalized spacial score (nSPS) is 59.5. The van der Waals surface area contributed by atoms with Gasteiger partial charge in [-0.05, 0) is 55.7 Å². The van der Waals surface area contributed by atoms with Crippen LogP contribution in [0.25, 0.3) is 0 Å². The number of aliphatic hydroxyl groups is 2. The van der Waals surface area contributed by atoms with Crippen LogP contribution in [0.1, 0.15) is 44.1 Å². The standard InChI is InChI=1S/C22H27ClF2O4/c1-11-6-13-14-8-16(24)15-7-12(26)4-5-19(15,2)21(14,25)17(27)9-20(13,3)22(11,29)18(28)10-23/h4-5,7,11,13-14,16-17,27,29H,6,8-10H2,1-3H3/t11-,13-,14-,16-,17-,19-,20-,21-,22+/m0/s1/i9D2,17D. The molecule has 160 valence electrons. The maximum atomic E-state index is 17.3. The lowest BCUT2D eigenvalue weighted by Gasteiger charge is -2.63. The molecule has 4 aliphatic carbocycles. The van der Waals surface area contributed by atoms with E-state index >= 15 is 8.78 Å². The average Bonchev–Trinajstić information content (AvgIpc) is 2.93. The Balaban J connectivity index is 2.04. The minimum absolute atomic E-state index is 0.0218. The minimum Gasteiger partial charge on any atom is -0.390 e. The molecule has 0 aromatic rings. The zero-order chi connectivity index (χ0) is 24.3. The largest absolute Gasteiger partial charge is 0.390 e. The first-order chi connectivity index (χ1) is 14.5. The highest BCUT2D eigenvalue weighted by Gasteiger charge is 2.76. The first kappa shape index (κ1) is 17.6. The van der Waals surface area contributed by atoms with Gasteiger partial charge in [-0.15, -0.1) is 11.6 Å². The smallest absolute Gasteiger partial charge is 0.179 e. The molecule has 0 aromatic carbocycles. The van der Waals surface area contributed by atoms with E-state index in [1.54, 1.807) is 0 Å².